The van der Waals surface area contributed by atoms with Gasteiger partial charge in [-0.25, -0.2) is 0 Å². The molecule has 3 aliphatic carbocycles. The minimum absolute atomic E-state index is 0.221. The van der Waals surface area contributed by atoms with Gasteiger partial charge in [0.15, 0.2) is 0 Å². The van der Waals surface area contributed by atoms with Gasteiger partial charge in [-0.3, -0.25) is 4.98 Å². The zero-order chi connectivity index (χ0) is 47.0. The molecule has 0 saturated carbocycles. The van der Waals surface area contributed by atoms with Crippen molar-refractivity contribution in [2.45, 2.75) is 57.8 Å². The van der Waals surface area contributed by atoms with Crippen LogP contribution in [-0.2, 0) is 16.2 Å². The second-order valence-corrected chi connectivity index (χ2v) is 21.4. The van der Waals surface area contributed by atoms with Crippen molar-refractivity contribution in [2.75, 3.05) is 4.90 Å². The van der Waals surface area contributed by atoms with Gasteiger partial charge in [-0.1, -0.05) is 157 Å². The van der Waals surface area contributed by atoms with E-state index in [1.165, 1.54) is 88.3 Å². The average molecular weight is 901 g/mol. The molecule has 3 heterocycles. The first kappa shape index (κ1) is 39.8. The number of nitrogens with zero attached hydrogens (tertiary/aromatic N) is 2. The number of pyridine rings is 1. The van der Waals surface area contributed by atoms with E-state index in [1.54, 1.807) is 0 Å². The van der Waals surface area contributed by atoms with Crippen LogP contribution in [0.4, 0.5) is 17.1 Å². The molecule has 0 amide bonds. The van der Waals surface area contributed by atoms with Gasteiger partial charge >= 0.3 is 0 Å². The Morgan fingerprint density at radius 2 is 0.957 bits per heavy atom. The Morgan fingerprint density at radius 1 is 0.400 bits per heavy atom. The fourth-order valence-corrected chi connectivity index (χ4v) is 13.4. The number of para-hydroxylation sites is 2. The summed E-state index contributed by atoms with van der Waals surface area (Å²) in [6, 6.07) is 64.5. The van der Waals surface area contributed by atoms with Gasteiger partial charge in [0.1, 0.15) is 22.3 Å². The number of hydrogen-bond donors (Lipinski definition) is 0. The van der Waals surface area contributed by atoms with E-state index in [-0.39, 0.29) is 16.2 Å². The van der Waals surface area contributed by atoms with Crippen LogP contribution in [-0.4, -0.2) is 4.98 Å². The summed E-state index contributed by atoms with van der Waals surface area (Å²) >= 11 is 0. The number of benzene rings is 9. The second-order valence-electron chi connectivity index (χ2n) is 21.4. The van der Waals surface area contributed by atoms with Crippen LogP contribution in [0.2, 0.25) is 0 Å². The molecule has 70 heavy (non-hydrogen) atoms. The van der Waals surface area contributed by atoms with E-state index in [0.717, 1.165) is 61.4 Å². The number of furan rings is 2. The maximum absolute atomic E-state index is 7.07. The van der Waals surface area contributed by atoms with E-state index in [4.69, 9.17) is 13.8 Å². The zero-order valence-electron chi connectivity index (χ0n) is 40.0. The smallest absolute Gasteiger partial charge is 0.145 e. The van der Waals surface area contributed by atoms with Crippen LogP contribution >= 0.6 is 0 Å². The van der Waals surface area contributed by atoms with Crippen molar-refractivity contribution in [3.63, 3.8) is 0 Å². The molecular formula is C66H48N2O2. The van der Waals surface area contributed by atoms with Crippen LogP contribution in [0.25, 0.3) is 99.3 Å². The van der Waals surface area contributed by atoms with Gasteiger partial charge in [-0.2, -0.15) is 0 Å². The molecule has 0 bridgehead atoms. The van der Waals surface area contributed by atoms with Crippen molar-refractivity contribution in [3.8, 4) is 44.6 Å². The molecule has 334 valence electrons. The molecule has 0 saturated heterocycles. The quantitative estimate of drug-likeness (QED) is 0.176. The van der Waals surface area contributed by atoms with Crippen LogP contribution in [0, 0.1) is 0 Å². The Kier molecular flexibility index (Phi) is 7.68. The Hall–Kier alpha value is -8.21. The van der Waals surface area contributed by atoms with Crippen molar-refractivity contribution < 1.29 is 8.83 Å². The lowest BCUT2D eigenvalue weighted by Gasteiger charge is -2.32. The van der Waals surface area contributed by atoms with Gasteiger partial charge in [-0.05, 0) is 127 Å². The number of rotatable bonds is 4. The highest BCUT2D eigenvalue weighted by Gasteiger charge is 2.49. The Bertz CT molecular complexity index is 4270. The molecule has 4 heteroatoms. The minimum Gasteiger partial charge on any atom is -0.455 e. The molecule has 0 N–H and O–H groups in total. The van der Waals surface area contributed by atoms with Crippen LogP contribution in [0.5, 0.6) is 0 Å². The average Bonchev–Trinajstić information content (AvgIpc) is 4.13. The molecule has 0 atom stereocenters. The third kappa shape index (κ3) is 4.98. The lowest BCUT2D eigenvalue weighted by Crippen LogP contribution is -2.24. The number of hydrogen-bond acceptors (Lipinski definition) is 4. The number of fused-ring (bicyclic) bond motifs is 20. The lowest BCUT2D eigenvalue weighted by atomic mass is 9.72. The predicted octanol–water partition coefficient (Wildman–Crippen LogP) is 18.1. The van der Waals surface area contributed by atoms with E-state index in [0.29, 0.717) is 0 Å². The zero-order valence-corrected chi connectivity index (χ0v) is 40.0. The predicted molar refractivity (Wildman–Crippen MR) is 289 cm³/mol. The first-order valence-corrected chi connectivity index (χ1v) is 24.6. The molecular weight excluding hydrogens is 853 g/mol. The first-order valence-electron chi connectivity index (χ1n) is 24.6. The Morgan fingerprint density at radius 3 is 1.69 bits per heavy atom. The van der Waals surface area contributed by atoms with Gasteiger partial charge in [0.05, 0.1) is 11.4 Å². The number of aromatic nitrogens is 1. The van der Waals surface area contributed by atoms with Gasteiger partial charge in [0.2, 0.25) is 0 Å². The summed E-state index contributed by atoms with van der Waals surface area (Å²) in [6.07, 6.45) is 1.87. The van der Waals surface area contributed by atoms with Crippen molar-refractivity contribution in [3.05, 3.63) is 216 Å². The largest absolute Gasteiger partial charge is 0.455 e. The highest BCUT2D eigenvalue weighted by Crippen LogP contribution is 2.64. The van der Waals surface area contributed by atoms with Crippen LogP contribution < -0.4 is 4.90 Å². The molecule has 0 spiro atoms. The van der Waals surface area contributed by atoms with E-state index < -0.39 is 0 Å². The molecule has 9 aromatic carbocycles. The molecule has 0 unspecified atom stereocenters. The van der Waals surface area contributed by atoms with Crippen molar-refractivity contribution in [2.24, 2.45) is 0 Å². The molecule has 15 rings (SSSR count). The van der Waals surface area contributed by atoms with E-state index >= 15 is 0 Å². The second kappa shape index (κ2) is 13.5. The highest BCUT2D eigenvalue weighted by atomic mass is 16.3. The first-order chi connectivity index (χ1) is 34.0. The summed E-state index contributed by atoms with van der Waals surface area (Å²) in [7, 11) is 0. The third-order valence-corrected chi connectivity index (χ3v) is 16.6. The van der Waals surface area contributed by atoms with E-state index in [2.05, 4.69) is 216 Å². The van der Waals surface area contributed by atoms with Gasteiger partial charge in [0, 0.05) is 71.9 Å². The van der Waals surface area contributed by atoms with E-state index in [1.807, 2.05) is 12.3 Å². The lowest BCUT2D eigenvalue weighted by molar-refractivity contribution is 0.600. The molecule has 4 nitrogen and oxygen atoms in total. The van der Waals surface area contributed by atoms with Gasteiger partial charge in [0.25, 0.3) is 0 Å². The fraction of sp³-hybridized carbons (Fsp3) is 0.136. The third-order valence-electron chi connectivity index (χ3n) is 16.6. The summed E-state index contributed by atoms with van der Waals surface area (Å²) < 4.78 is 13.8. The fourth-order valence-electron chi connectivity index (χ4n) is 13.4. The van der Waals surface area contributed by atoms with Gasteiger partial charge in [-0.15, -0.1) is 0 Å². The summed E-state index contributed by atoms with van der Waals surface area (Å²) in [5.74, 6) is 0. The molecule has 12 aromatic rings. The number of anilines is 3. The molecule has 0 fully saturated rings. The standard InChI is InChI=1S/C66H48N2O2/c1-64(2)48-34-38(29-31-42(48)55-50(64)36-46(51-25-15-16-33-67-51)62-57(55)44-22-10-13-27-53(44)69-62)68(52-26-17-19-37-18-7-8-20-40(37)52)39-30-32-43-49(35-39)66(5,6)61-59(43)63-58(45-23-11-14-28-54(45)70-63)56-41-21-9-12-24-47(41)65(3,4)60(56)61/h7-36H,1-6H3. The molecule has 3 aromatic heterocycles. The van der Waals surface area contributed by atoms with Crippen molar-refractivity contribution >= 4 is 71.7 Å². The normalized spacial score (nSPS) is 15.3. The van der Waals surface area contributed by atoms with Crippen molar-refractivity contribution in [1.82, 2.24) is 4.98 Å². The Balaban J connectivity index is 0.971. The summed E-state index contributed by atoms with van der Waals surface area (Å²) in [4.78, 5) is 7.36. The minimum atomic E-state index is -0.354. The summed E-state index contributed by atoms with van der Waals surface area (Å²) in [6.45, 7) is 14.5. The van der Waals surface area contributed by atoms with Crippen LogP contribution in [0.3, 0.4) is 0 Å². The topological polar surface area (TPSA) is 42.4 Å². The van der Waals surface area contributed by atoms with Crippen LogP contribution in [0.1, 0.15) is 74.9 Å². The molecule has 3 aliphatic rings. The molecule has 0 aliphatic heterocycles. The van der Waals surface area contributed by atoms with Gasteiger partial charge < -0.3 is 13.7 Å². The highest BCUT2D eigenvalue weighted by molar-refractivity contribution is 6.21. The van der Waals surface area contributed by atoms with E-state index in [9.17, 15) is 0 Å². The van der Waals surface area contributed by atoms with Crippen LogP contribution in [0.15, 0.2) is 191 Å². The summed E-state index contributed by atoms with van der Waals surface area (Å²) in [5, 5.41) is 7.07. The molecule has 0 radical (unpaired) electrons. The Labute approximate surface area is 406 Å². The summed E-state index contributed by atoms with van der Waals surface area (Å²) in [5.41, 5.74) is 23.7. The maximum Gasteiger partial charge on any atom is 0.145 e. The monoisotopic (exact) mass is 900 g/mol. The maximum atomic E-state index is 7.07. The SMILES string of the molecule is CC1(C)c2cc(N(c3ccc4c(c3)C(C)(C)c3c5c(c6c(oc7ccccc76)c3-4)-c3ccccc3C5(C)C)c3cccc4ccccc34)ccc2-c2c1cc(-c1ccccn1)c1oc3ccccc3c21. The van der Waals surface area contributed by atoms with Crippen molar-refractivity contribution in [1.29, 1.82) is 0 Å².